The average molecular weight is 362 g/mol. The van der Waals surface area contributed by atoms with E-state index in [1.165, 1.54) is 40.9 Å². The summed E-state index contributed by atoms with van der Waals surface area (Å²) in [5.74, 6) is 0. The van der Waals surface area contributed by atoms with E-state index in [4.69, 9.17) is 29.6 Å². The number of thiazole rings is 1. The fourth-order valence-electron chi connectivity index (χ4n) is 1.66. The number of sulfonamides is 1. The molecule has 0 radical (unpaired) electrons. The van der Waals surface area contributed by atoms with E-state index in [0.29, 0.717) is 11.3 Å². The molecule has 0 amide bonds. The maximum absolute atomic E-state index is 12.5. The van der Waals surface area contributed by atoms with Crippen molar-refractivity contribution in [2.75, 3.05) is 7.05 Å². The minimum Gasteiger partial charge on any atom is -0.389 e. The molecule has 9 heteroatoms. The van der Waals surface area contributed by atoms with Gasteiger partial charge in [-0.05, 0) is 18.2 Å². The second-order valence-corrected chi connectivity index (χ2v) is 7.86. The minimum absolute atomic E-state index is 0.0882. The van der Waals surface area contributed by atoms with E-state index in [2.05, 4.69) is 4.98 Å². The third kappa shape index (κ3) is 3.58. The van der Waals surface area contributed by atoms with E-state index in [-0.39, 0.29) is 21.5 Å². The zero-order valence-corrected chi connectivity index (χ0v) is 14.2. The number of aromatic nitrogens is 1. The molecule has 2 aromatic rings. The van der Waals surface area contributed by atoms with Gasteiger partial charge in [-0.2, -0.15) is 4.31 Å². The molecule has 0 atom stereocenters. The summed E-state index contributed by atoms with van der Waals surface area (Å²) in [6, 6.07) is 4.30. The van der Waals surface area contributed by atoms with Gasteiger partial charge < -0.3 is 5.73 Å². The molecule has 2 rings (SSSR count). The second-order valence-electron chi connectivity index (χ2n) is 4.25. The molecular weight excluding hydrogens is 350 g/mol. The molecule has 1 aromatic heterocycles. The number of hydrogen-bond donors (Lipinski definition) is 1. The van der Waals surface area contributed by atoms with Gasteiger partial charge in [0, 0.05) is 18.0 Å². The van der Waals surface area contributed by atoms with Gasteiger partial charge in [-0.3, -0.25) is 0 Å². The molecular formula is C12H12ClN3O2S3. The zero-order chi connectivity index (χ0) is 15.6. The van der Waals surface area contributed by atoms with Crippen LogP contribution in [0.1, 0.15) is 11.3 Å². The van der Waals surface area contributed by atoms with Gasteiger partial charge in [0.15, 0.2) is 0 Å². The molecule has 0 unspecified atom stereocenters. The lowest BCUT2D eigenvalue weighted by molar-refractivity contribution is 0.463. The Balaban J connectivity index is 2.31. The molecule has 0 fully saturated rings. The molecule has 2 N–H and O–H groups in total. The maximum atomic E-state index is 12.5. The van der Waals surface area contributed by atoms with Crippen molar-refractivity contribution in [2.45, 2.75) is 11.4 Å². The Morgan fingerprint density at radius 3 is 2.76 bits per heavy atom. The molecule has 21 heavy (non-hydrogen) atoms. The van der Waals surface area contributed by atoms with Crippen LogP contribution >= 0.6 is 35.2 Å². The first-order valence-corrected chi connectivity index (χ1v) is 8.92. The van der Waals surface area contributed by atoms with E-state index >= 15 is 0 Å². The van der Waals surface area contributed by atoms with E-state index in [9.17, 15) is 8.42 Å². The molecule has 0 spiro atoms. The predicted octanol–water partition coefficient (Wildman–Crippen LogP) is 2.25. The highest BCUT2D eigenvalue weighted by atomic mass is 35.5. The predicted molar refractivity (Wildman–Crippen MR) is 88.1 cm³/mol. The quantitative estimate of drug-likeness (QED) is 0.826. The van der Waals surface area contributed by atoms with Crippen molar-refractivity contribution in [2.24, 2.45) is 5.73 Å². The summed E-state index contributed by atoms with van der Waals surface area (Å²) in [5.41, 5.74) is 8.30. The van der Waals surface area contributed by atoms with Crippen LogP contribution in [0.3, 0.4) is 0 Å². The number of benzene rings is 1. The van der Waals surface area contributed by atoms with Crippen LogP contribution in [0.25, 0.3) is 0 Å². The van der Waals surface area contributed by atoms with Crippen LogP contribution in [0, 0.1) is 0 Å². The summed E-state index contributed by atoms with van der Waals surface area (Å²) in [6.45, 7) is 0.195. The lowest BCUT2D eigenvalue weighted by Gasteiger charge is -2.16. The van der Waals surface area contributed by atoms with Crippen LogP contribution in [0.4, 0.5) is 0 Å². The first-order chi connectivity index (χ1) is 9.82. The highest BCUT2D eigenvalue weighted by Crippen LogP contribution is 2.23. The van der Waals surface area contributed by atoms with Gasteiger partial charge in [0.25, 0.3) is 0 Å². The summed E-state index contributed by atoms with van der Waals surface area (Å²) in [7, 11) is -2.16. The average Bonchev–Trinajstić information content (AvgIpc) is 2.90. The van der Waals surface area contributed by atoms with Gasteiger partial charge in [-0.1, -0.05) is 23.8 Å². The van der Waals surface area contributed by atoms with Crippen molar-refractivity contribution in [3.05, 3.63) is 45.4 Å². The number of halogens is 1. The molecule has 112 valence electrons. The summed E-state index contributed by atoms with van der Waals surface area (Å²) in [6.07, 6.45) is 0. The smallest absolute Gasteiger partial charge is 0.243 e. The summed E-state index contributed by atoms with van der Waals surface area (Å²) >= 11 is 12.3. The second kappa shape index (κ2) is 6.37. The van der Waals surface area contributed by atoms with Crippen molar-refractivity contribution >= 4 is 50.2 Å². The number of thiocarbonyl (C=S) groups is 1. The van der Waals surface area contributed by atoms with Gasteiger partial charge in [0.2, 0.25) is 10.0 Å². The Hall–Kier alpha value is -1.06. The summed E-state index contributed by atoms with van der Waals surface area (Å²) < 4.78 is 26.2. The van der Waals surface area contributed by atoms with Gasteiger partial charge in [0.05, 0.1) is 27.7 Å². The molecule has 5 nitrogen and oxygen atoms in total. The molecule has 0 aliphatic heterocycles. The van der Waals surface area contributed by atoms with Crippen LogP contribution in [-0.2, 0) is 16.6 Å². The fraction of sp³-hybridized carbons (Fsp3) is 0.167. The number of rotatable bonds is 5. The van der Waals surface area contributed by atoms with E-state index in [1.807, 2.05) is 0 Å². The van der Waals surface area contributed by atoms with Crippen LogP contribution < -0.4 is 5.73 Å². The first kappa shape index (κ1) is 16.3. The number of nitrogens with zero attached hydrogens (tertiary/aromatic N) is 2. The molecule has 0 aliphatic rings. The zero-order valence-electron chi connectivity index (χ0n) is 11.0. The Bertz CT molecular complexity index is 760. The number of hydrogen-bond acceptors (Lipinski definition) is 5. The van der Waals surface area contributed by atoms with E-state index in [0.717, 1.165) is 0 Å². The monoisotopic (exact) mass is 361 g/mol. The molecule has 1 aromatic carbocycles. The van der Waals surface area contributed by atoms with Crippen LogP contribution in [-0.4, -0.2) is 29.7 Å². The molecule has 0 saturated carbocycles. The molecule has 0 bridgehead atoms. The van der Waals surface area contributed by atoms with Gasteiger partial charge >= 0.3 is 0 Å². The van der Waals surface area contributed by atoms with E-state index < -0.39 is 10.0 Å². The maximum Gasteiger partial charge on any atom is 0.243 e. The third-order valence-corrected chi connectivity index (χ3v) is 5.75. The molecule has 0 aliphatic carbocycles. The Morgan fingerprint density at radius 1 is 1.52 bits per heavy atom. The first-order valence-electron chi connectivity index (χ1n) is 5.75. The largest absolute Gasteiger partial charge is 0.389 e. The fourth-order valence-corrected chi connectivity index (χ4v) is 3.96. The van der Waals surface area contributed by atoms with Gasteiger partial charge in [0.1, 0.15) is 4.99 Å². The lowest BCUT2D eigenvalue weighted by Crippen LogP contribution is -2.26. The normalized spacial score (nSPS) is 11.8. The van der Waals surface area contributed by atoms with Crippen molar-refractivity contribution in [3.63, 3.8) is 0 Å². The third-order valence-electron chi connectivity index (χ3n) is 2.78. The molecule has 1 heterocycles. The number of nitrogens with two attached hydrogens (primary N) is 1. The Morgan fingerprint density at radius 2 is 2.24 bits per heavy atom. The van der Waals surface area contributed by atoms with Crippen molar-refractivity contribution in [3.8, 4) is 0 Å². The standard InChI is InChI=1S/C12H12ClN3O2S3/c1-16(5-8-6-20-7-15-8)21(17,18)9-2-3-10(12(14)19)11(13)4-9/h2-4,6-7H,5H2,1H3,(H2,14,19). The summed E-state index contributed by atoms with van der Waals surface area (Å²) in [4.78, 5) is 4.28. The van der Waals surface area contributed by atoms with Crippen LogP contribution in [0.2, 0.25) is 5.02 Å². The highest BCUT2D eigenvalue weighted by Gasteiger charge is 2.22. The van der Waals surface area contributed by atoms with Gasteiger partial charge in [-0.25, -0.2) is 13.4 Å². The van der Waals surface area contributed by atoms with E-state index in [1.54, 1.807) is 10.9 Å². The lowest BCUT2D eigenvalue weighted by atomic mass is 10.2. The SMILES string of the molecule is CN(Cc1cscn1)S(=O)(=O)c1ccc(C(N)=S)c(Cl)c1. The van der Waals surface area contributed by atoms with Crippen molar-refractivity contribution < 1.29 is 8.42 Å². The van der Waals surface area contributed by atoms with Crippen LogP contribution in [0.5, 0.6) is 0 Å². The van der Waals surface area contributed by atoms with Crippen LogP contribution in [0.15, 0.2) is 34.0 Å². The Kier molecular flexibility index (Phi) is 4.95. The Labute approximate surface area is 137 Å². The topological polar surface area (TPSA) is 76.3 Å². The minimum atomic E-state index is -3.65. The van der Waals surface area contributed by atoms with Crippen molar-refractivity contribution in [1.82, 2.24) is 9.29 Å². The summed E-state index contributed by atoms with van der Waals surface area (Å²) in [5, 5.41) is 2.01. The molecule has 0 saturated heterocycles. The van der Waals surface area contributed by atoms with Gasteiger partial charge in [-0.15, -0.1) is 11.3 Å². The highest BCUT2D eigenvalue weighted by molar-refractivity contribution is 7.89. The van der Waals surface area contributed by atoms with Crippen molar-refractivity contribution in [1.29, 1.82) is 0 Å².